The van der Waals surface area contributed by atoms with Gasteiger partial charge in [-0.15, -0.1) is 0 Å². The zero-order chi connectivity index (χ0) is 29.9. The lowest BCUT2D eigenvalue weighted by atomic mass is 10.0. The van der Waals surface area contributed by atoms with Crippen LogP contribution in [0.2, 0.25) is 0 Å². The van der Waals surface area contributed by atoms with Crippen LogP contribution in [0.1, 0.15) is 5.56 Å². The molecule has 0 atom stereocenters. The number of nitrogens with zero attached hydrogens (tertiary/aromatic N) is 3. The van der Waals surface area contributed by atoms with Gasteiger partial charge in [-0.1, -0.05) is 103 Å². The van der Waals surface area contributed by atoms with E-state index in [1.54, 1.807) is 6.20 Å². The average Bonchev–Trinajstić information content (AvgIpc) is 3.46. The Hall–Kier alpha value is -5.86. The Labute approximate surface area is 252 Å². The summed E-state index contributed by atoms with van der Waals surface area (Å²) in [6.07, 6.45) is 1.72. The fourth-order valence-corrected chi connectivity index (χ4v) is 5.35. The van der Waals surface area contributed by atoms with Gasteiger partial charge < -0.3 is 10.1 Å². The van der Waals surface area contributed by atoms with Crippen LogP contribution in [0.15, 0.2) is 132 Å². The standard InChI is InChI=1S/C36H27N5O3/c42-30(23-44-22-24-11-4-1-5-12-24)38-34-32(28-18-19-29-27(21-28)17-10-20-37-29)36(43)41-35(39-34)31(25-13-6-2-7-14-25)33(40-41)26-15-8-3-9-16-26/h1-21,40H,22-23H2,(H,38,42). The molecule has 0 aliphatic heterocycles. The molecule has 0 bridgehead atoms. The van der Waals surface area contributed by atoms with E-state index in [4.69, 9.17) is 9.72 Å². The van der Waals surface area contributed by atoms with E-state index in [0.717, 1.165) is 38.9 Å². The van der Waals surface area contributed by atoms with Gasteiger partial charge in [-0.05, 0) is 34.9 Å². The fraction of sp³-hybridized carbons (Fsp3) is 0.0556. The number of carbonyl (C=O) groups excluding carboxylic acids is 1. The third-order valence-electron chi connectivity index (χ3n) is 7.40. The van der Waals surface area contributed by atoms with Crippen molar-refractivity contribution in [2.24, 2.45) is 0 Å². The van der Waals surface area contributed by atoms with Crippen molar-refractivity contribution in [3.05, 3.63) is 143 Å². The number of benzene rings is 4. The fourth-order valence-electron chi connectivity index (χ4n) is 5.35. The van der Waals surface area contributed by atoms with Gasteiger partial charge in [0.1, 0.15) is 12.4 Å². The molecule has 214 valence electrons. The Kier molecular flexibility index (Phi) is 7.24. The van der Waals surface area contributed by atoms with Crippen LogP contribution < -0.4 is 10.9 Å². The first-order valence-corrected chi connectivity index (χ1v) is 14.2. The highest BCUT2D eigenvalue weighted by Crippen LogP contribution is 2.36. The second kappa shape index (κ2) is 11.8. The lowest BCUT2D eigenvalue weighted by molar-refractivity contribution is -0.121. The molecule has 7 aromatic rings. The van der Waals surface area contributed by atoms with Gasteiger partial charge in [0.25, 0.3) is 11.5 Å². The van der Waals surface area contributed by atoms with Crippen molar-refractivity contribution in [3.8, 4) is 33.5 Å². The van der Waals surface area contributed by atoms with Crippen molar-refractivity contribution in [2.45, 2.75) is 6.61 Å². The van der Waals surface area contributed by atoms with Crippen molar-refractivity contribution < 1.29 is 9.53 Å². The number of nitrogens with one attached hydrogen (secondary N) is 2. The molecule has 8 heteroatoms. The summed E-state index contributed by atoms with van der Waals surface area (Å²) in [4.78, 5) is 37.0. The molecule has 0 aliphatic carbocycles. The largest absolute Gasteiger partial charge is 0.367 e. The van der Waals surface area contributed by atoms with Crippen molar-refractivity contribution in [1.29, 1.82) is 0 Å². The van der Waals surface area contributed by atoms with Crippen LogP contribution in [-0.2, 0) is 16.1 Å². The zero-order valence-electron chi connectivity index (χ0n) is 23.6. The Balaban J connectivity index is 1.38. The number of hydrogen-bond acceptors (Lipinski definition) is 5. The number of carbonyl (C=O) groups is 1. The summed E-state index contributed by atoms with van der Waals surface area (Å²) in [5, 5.41) is 7.07. The average molecular weight is 578 g/mol. The summed E-state index contributed by atoms with van der Waals surface area (Å²) in [6.45, 7) is 0.0787. The molecule has 44 heavy (non-hydrogen) atoms. The molecule has 1 amide bonds. The number of amides is 1. The molecule has 8 nitrogen and oxygen atoms in total. The molecule has 0 spiro atoms. The number of rotatable bonds is 8. The van der Waals surface area contributed by atoms with E-state index >= 15 is 0 Å². The van der Waals surface area contributed by atoms with Crippen LogP contribution >= 0.6 is 0 Å². The second-order valence-electron chi connectivity index (χ2n) is 10.3. The number of aromatic nitrogens is 4. The molecule has 0 unspecified atom stereocenters. The Bertz CT molecular complexity index is 2160. The first-order valence-electron chi connectivity index (χ1n) is 14.2. The third kappa shape index (κ3) is 5.26. The Morgan fingerprint density at radius 3 is 2.23 bits per heavy atom. The third-order valence-corrected chi connectivity index (χ3v) is 7.40. The van der Waals surface area contributed by atoms with Gasteiger partial charge in [-0.25, -0.2) is 4.98 Å². The maximum atomic E-state index is 14.4. The summed E-state index contributed by atoms with van der Waals surface area (Å²) in [6, 6.07) is 38.5. The maximum Gasteiger partial charge on any atom is 0.282 e. The van der Waals surface area contributed by atoms with Gasteiger partial charge in [-0.2, -0.15) is 4.52 Å². The normalized spacial score (nSPS) is 11.2. The zero-order valence-corrected chi connectivity index (χ0v) is 23.6. The summed E-state index contributed by atoms with van der Waals surface area (Å²) in [7, 11) is 0. The van der Waals surface area contributed by atoms with Crippen molar-refractivity contribution in [3.63, 3.8) is 0 Å². The van der Waals surface area contributed by atoms with Gasteiger partial charge in [0, 0.05) is 17.1 Å². The summed E-state index contributed by atoms with van der Waals surface area (Å²) >= 11 is 0. The SMILES string of the molecule is O=C(COCc1ccccc1)Nc1nc2c(-c3ccccc3)c(-c3ccccc3)[nH]n2c(=O)c1-c1ccc2ncccc2c1. The van der Waals surface area contributed by atoms with Crippen molar-refractivity contribution >= 4 is 28.3 Å². The number of ether oxygens (including phenoxy) is 1. The first kappa shape index (κ1) is 27.0. The van der Waals surface area contributed by atoms with Crippen LogP contribution in [0.3, 0.4) is 0 Å². The lowest BCUT2D eigenvalue weighted by Crippen LogP contribution is -2.24. The van der Waals surface area contributed by atoms with Crippen molar-refractivity contribution in [1.82, 2.24) is 19.6 Å². The summed E-state index contributed by atoms with van der Waals surface area (Å²) in [5.74, 6) is -0.261. The molecule has 3 heterocycles. The summed E-state index contributed by atoms with van der Waals surface area (Å²) in [5.41, 5.74) is 5.92. The lowest BCUT2D eigenvalue weighted by Gasteiger charge is -2.12. The number of anilines is 1. The minimum absolute atomic E-state index is 0.155. The molecule has 0 aliphatic rings. The quantitative estimate of drug-likeness (QED) is 0.209. The maximum absolute atomic E-state index is 14.4. The number of fused-ring (bicyclic) bond motifs is 2. The molecular formula is C36H27N5O3. The number of hydrogen-bond donors (Lipinski definition) is 2. The highest BCUT2D eigenvalue weighted by atomic mass is 16.5. The van der Waals surface area contributed by atoms with Gasteiger partial charge in [-0.3, -0.25) is 19.7 Å². The molecule has 0 fully saturated rings. The summed E-state index contributed by atoms with van der Waals surface area (Å²) < 4.78 is 7.15. The molecule has 0 saturated carbocycles. The van der Waals surface area contributed by atoms with Gasteiger partial charge in [0.05, 0.1) is 28.9 Å². The minimum atomic E-state index is -0.416. The molecule has 7 rings (SSSR count). The van der Waals surface area contributed by atoms with Gasteiger partial charge >= 0.3 is 0 Å². The van der Waals surface area contributed by atoms with E-state index in [1.165, 1.54) is 4.52 Å². The molecule has 0 radical (unpaired) electrons. The van der Waals surface area contributed by atoms with Gasteiger partial charge in [0.15, 0.2) is 5.65 Å². The molecule has 2 N–H and O–H groups in total. The van der Waals surface area contributed by atoms with Crippen LogP contribution in [0.25, 0.3) is 50.1 Å². The van der Waals surface area contributed by atoms with E-state index in [-0.39, 0.29) is 30.2 Å². The van der Waals surface area contributed by atoms with Crippen LogP contribution in [0, 0.1) is 0 Å². The van der Waals surface area contributed by atoms with E-state index in [9.17, 15) is 9.59 Å². The van der Waals surface area contributed by atoms with Crippen molar-refractivity contribution in [2.75, 3.05) is 11.9 Å². The molecule has 0 saturated heterocycles. The van der Waals surface area contributed by atoms with Gasteiger partial charge in [0.2, 0.25) is 0 Å². The molecular weight excluding hydrogens is 550 g/mol. The highest BCUT2D eigenvalue weighted by Gasteiger charge is 2.24. The molecule has 4 aromatic carbocycles. The smallest absolute Gasteiger partial charge is 0.282 e. The van der Waals surface area contributed by atoms with Crippen LogP contribution in [-0.4, -0.2) is 32.1 Å². The topological polar surface area (TPSA) is 101 Å². The van der Waals surface area contributed by atoms with Crippen LogP contribution in [0.4, 0.5) is 5.82 Å². The Morgan fingerprint density at radius 2 is 1.48 bits per heavy atom. The number of H-pyrrole nitrogens is 1. The van der Waals surface area contributed by atoms with E-state index in [2.05, 4.69) is 15.4 Å². The first-order chi connectivity index (χ1) is 21.7. The Morgan fingerprint density at radius 1 is 0.773 bits per heavy atom. The van der Waals surface area contributed by atoms with E-state index in [1.807, 2.05) is 121 Å². The predicted octanol–water partition coefficient (Wildman–Crippen LogP) is 6.73. The minimum Gasteiger partial charge on any atom is -0.367 e. The van der Waals surface area contributed by atoms with E-state index < -0.39 is 5.91 Å². The second-order valence-corrected chi connectivity index (χ2v) is 10.3. The monoisotopic (exact) mass is 577 g/mol. The number of pyridine rings is 1. The van der Waals surface area contributed by atoms with E-state index in [0.29, 0.717) is 11.2 Å². The highest BCUT2D eigenvalue weighted by molar-refractivity contribution is 5.98. The molecule has 3 aromatic heterocycles. The predicted molar refractivity (Wildman–Crippen MR) is 172 cm³/mol. The van der Waals surface area contributed by atoms with Crippen LogP contribution in [0.5, 0.6) is 0 Å². The number of aromatic amines is 1.